The van der Waals surface area contributed by atoms with Crippen molar-refractivity contribution in [1.29, 1.82) is 0 Å². The topological polar surface area (TPSA) is 43.1 Å². The van der Waals surface area contributed by atoms with Gasteiger partial charge in [0.2, 0.25) is 0 Å². The first-order valence-electron chi connectivity index (χ1n) is 8.29. The molecule has 4 atom stereocenters. The highest BCUT2D eigenvalue weighted by Crippen LogP contribution is 2.59. The number of nitrogens with one attached hydrogen (secondary N) is 1. The molecule has 122 valence electrons. The van der Waals surface area contributed by atoms with Gasteiger partial charge in [-0.3, -0.25) is 0 Å². The predicted molar refractivity (Wildman–Crippen MR) is 89.1 cm³/mol. The molecule has 0 radical (unpaired) electrons. The summed E-state index contributed by atoms with van der Waals surface area (Å²) in [4.78, 5) is 1.41. The first kappa shape index (κ1) is 14.8. The van der Waals surface area contributed by atoms with Crippen LogP contribution in [0.25, 0.3) is 6.08 Å². The Morgan fingerprint density at radius 3 is 2.83 bits per heavy atom. The second kappa shape index (κ2) is 5.11. The summed E-state index contributed by atoms with van der Waals surface area (Å²) in [6.45, 7) is 1.03. The van der Waals surface area contributed by atoms with E-state index in [2.05, 4.69) is 38.4 Å². The van der Waals surface area contributed by atoms with Gasteiger partial charge in [-0.15, -0.1) is 0 Å². The number of benzene rings is 1. The van der Waals surface area contributed by atoms with Gasteiger partial charge in [-0.1, -0.05) is 30.4 Å². The van der Waals surface area contributed by atoms with Crippen LogP contribution in [-0.4, -0.2) is 45.1 Å². The first-order valence-corrected chi connectivity index (χ1v) is 8.29. The maximum Gasteiger partial charge on any atom is 0.166 e. The minimum atomic E-state index is -0.583. The minimum Gasteiger partial charge on any atom is -0.493 e. The van der Waals surface area contributed by atoms with Crippen molar-refractivity contribution >= 4 is 6.08 Å². The SMILES string of the molecule is COc1ccc2c3c1O[C@H]1[C@H](O)C=C[C@H](C=C2)[C@]31CC[NH+](C)C. The third-order valence-electron chi connectivity index (χ3n) is 5.53. The highest BCUT2D eigenvalue weighted by Gasteiger charge is 2.59. The zero-order chi connectivity index (χ0) is 16.2. The summed E-state index contributed by atoms with van der Waals surface area (Å²) in [5.41, 5.74) is 2.22. The smallest absolute Gasteiger partial charge is 0.166 e. The molecule has 0 spiro atoms. The van der Waals surface area contributed by atoms with Crippen LogP contribution in [0.3, 0.4) is 0 Å². The van der Waals surface area contributed by atoms with E-state index >= 15 is 0 Å². The number of ether oxygens (including phenoxy) is 2. The Kier molecular flexibility index (Phi) is 3.29. The molecule has 1 heterocycles. The fraction of sp³-hybridized carbons (Fsp3) is 0.474. The van der Waals surface area contributed by atoms with Gasteiger partial charge in [0.25, 0.3) is 0 Å². The van der Waals surface area contributed by atoms with E-state index < -0.39 is 6.10 Å². The normalized spacial score (nSPS) is 32.8. The zero-order valence-electron chi connectivity index (χ0n) is 13.9. The Morgan fingerprint density at radius 2 is 2.09 bits per heavy atom. The fourth-order valence-corrected chi connectivity index (χ4v) is 4.42. The molecule has 4 rings (SSSR count). The molecule has 3 aliphatic rings. The third-order valence-corrected chi connectivity index (χ3v) is 5.53. The second-order valence-electron chi connectivity index (χ2n) is 7.11. The van der Waals surface area contributed by atoms with Crippen molar-refractivity contribution in [2.75, 3.05) is 27.7 Å². The molecule has 1 aliphatic heterocycles. The van der Waals surface area contributed by atoms with Crippen molar-refractivity contribution in [3.05, 3.63) is 41.5 Å². The number of methoxy groups -OCH3 is 1. The number of rotatable bonds is 4. The Bertz CT molecular complexity index is 694. The van der Waals surface area contributed by atoms with Crippen molar-refractivity contribution in [3.63, 3.8) is 0 Å². The van der Waals surface area contributed by atoms with E-state index in [1.54, 1.807) is 7.11 Å². The summed E-state index contributed by atoms with van der Waals surface area (Å²) >= 11 is 0. The fourth-order valence-electron chi connectivity index (χ4n) is 4.42. The summed E-state index contributed by atoms with van der Waals surface area (Å²) in [5.74, 6) is 1.84. The number of quaternary nitrogens is 1. The van der Waals surface area contributed by atoms with Crippen molar-refractivity contribution in [2.45, 2.75) is 24.0 Å². The van der Waals surface area contributed by atoms with E-state index in [0.717, 1.165) is 24.5 Å². The molecular formula is C19H24NO3+. The minimum absolute atomic E-state index is 0.195. The van der Waals surface area contributed by atoms with Gasteiger partial charge in [0, 0.05) is 17.9 Å². The summed E-state index contributed by atoms with van der Waals surface area (Å²) in [5, 5.41) is 10.6. The molecule has 0 aromatic heterocycles. The van der Waals surface area contributed by atoms with Crippen LogP contribution in [0.15, 0.2) is 30.4 Å². The zero-order valence-corrected chi connectivity index (χ0v) is 13.9. The monoisotopic (exact) mass is 314 g/mol. The van der Waals surface area contributed by atoms with Gasteiger partial charge in [0.1, 0.15) is 12.2 Å². The number of hydrogen-bond donors (Lipinski definition) is 2. The molecule has 1 aromatic carbocycles. The number of aliphatic hydroxyl groups excluding tert-OH is 1. The quantitative estimate of drug-likeness (QED) is 0.808. The number of hydrogen-bond acceptors (Lipinski definition) is 3. The standard InChI is InChI=1S/C19H23NO3/c1-20(2)11-10-19-13-6-4-12-5-9-15(22-3)17(16(12)19)23-18(19)14(21)8-7-13/h4-9,13-14,18,21H,10-11H2,1-3H3/p+1/t13-,14+,18-,19+/m0/s1. The lowest BCUT2D eigenvalue weighted by Crippen LogP contribution is -3.06. The van der Waals surface area contributed by atoms with Crippen LogP contribution in [0.2, 0.25) is 0 Å². The van der Waals surface area contributed by atoms with Crippen LogP contribution >= 0.6 is 0 Å². The van der Waals surface area contributed by atoms with Gasteiger partial charge in [0.15, 0.2) is 11.5 Å². The summed E-state index contributed by atoms with van der Waals surface area (Å²) in [7, 11) is 6.01. The Balaban J connectivity index is 1.93. The van der Waals surface area contributed by atoms with Crippen LogP contribution in [-0.2, 0) is 5.41 Å². The third kappa shape index (κ3) is 1.91. The van der Waals surface area contributed by atoms with Crippen LogP contribution < -0.4 is 14.4 Å². The van der Waals surface area contributed by atoms with Gasteiger partial charge in [-0.05, 0) is 11.6 Å². The lowest BCUT2D eigenvalue weighted by molar-refractivity contribution is -0.859. The summed E-state index contributed by atoms with van der Waals surface area (Å²) in [6, 6.07) is 4.06. The summed E-state index contributed by atoms with van der Waals surface area (Å²) in [6.07, 6.45) is 8.61. The first-order chi connectivity index (χ1) is 11.1. The molecule has 2 aliphatic carbocycles. The van der Waals surface area contributed by atoms with E-state index in [9.17, 15) is 5.11 Å². The second-order valence-corrected chi connectivity index (χ2v) is 7.11. The Morgan fingerprint density at radius 1 is 1.26 bits per heavy atom. The molecule has 0 fully saturated rings. The lowest BCUT2D eigenvalue weighted by Gasteiger charge is -2.44. The predicted octanol–water partition coefficient (Wildman–Crippen LogP) is 0.802. The lowest BCUT2D eigenvalue weighted by atomic mass is 9.59. The molecule has 2 N–H and O–H groups in total. The van der Waals surface area contributed by atoms with Crippen molar-refractivity contribution < 1.29 is 19.5 Å². The van der Waals surface area contributed by atoms with Gasteiger partial charge >= 0.3 is 0 Å². The molecule has 0 amide bonds. The van der Waals surface area contributed by atoms with E-state index in [1.807, 2.05) is 12.1 Å². The van der Waals surface area contributed by atoms with Crippen molar-refractivity contribution in [2.24, 2.45) is 5.92 Å². The average molecular weight is 314 g/mol. The van der Waals surface area contributed by atoms with Gasteiger partial charge < -0.3 is 19.5 Å². The van der Waals surface area contributed by atoms with Gasteiger partial charge in [-0.2, -0.15) is 0 Å². The van der Waals surface area contributed by atoms with E-state index in [0.29, 0.717) is 0 Å². The molecule has 4 heteroatoms. The van der Waals surface area contributed by atoms with Crippen LogP contribution in [0.5, 0.6) is 11.5 Å². The molecule has 0 saturated heterocycles. The summed E-state index contributed by atoms with van der Waals surface area (Å²) < 4.78 is 11.8. The van der Waals surface area contributed by atoms with Crippen LogP contribution in [0.1, 0.15) is 17.5 Å². The van der Waals surface area contributed by atoms with Crippen LogP contribution in [0, 0.1) is 5.92 Å². The maximum absolute atomic E-state index is 10.6. The Labute approximate surface area is 137 Å². The number of allylic oxidation sites excluding steroid dienone is 2. The van der Waals surface area contributed by atoms with Crippen molar-refractivity contribution in [1.82, 2.24) is 0 Å². The molecule has 0 bridgehead atoms. The van der Waals surface area contributed by atoms with Gasteiger partial charge in [0.05, 0.1) is 33.2 Å². The maximum atomic E-state index is 10.6. The molecule has 0 unspecified atom stereocenters. The Hall–Kier alpha value is -1.78. The van der Waals surface area contributed by atoms with E-state index in [-0.39, 0.29) is 17.4 Å². The highest BCUT2D eigenvalue weighted by atomic mass is 16.5. The molecule has 0 saturated carbocycles. The van der Waals surface area contributed by atoms with Crippen LogP contribution in [0.4, 0.5) is 0 Å². The average Bonchev–Trinajstić information content (AvgIpc) is 2.90. The number of aliphatic hydroxyl groups is 1. The van der Waals surface area contributed by atoms with Gasteiger partial charge in [-0.25, -0.2) is 0 Å². The molecule has 1 aromatic rings. The highest BCUT2D eigenvalue weighted by molar-refractivity contribution is 5.71. The van der Waals surface area contributed by atoms with E-state index in [1.165, 1.54) is 16.0 Å². The molecular weight excluding hydrogens is 290 g/mol. The van der Waals surface area contributed by atoms with Crippen molar-refractivity contribution in [3.8, 4) is 11.5 Å². The molecule has 4 nitrogen and oxygen atoms in total. The molecule has 23 heavy (non-hydrogen) atoms. The largest absolute Gasteiger partial charge is 0.493 e. The van der Waals surface area contributed by atoms with E-state index in [4.69, 9.17) is 9.47 Å².